The molecule has 0 saturated carbocycles. The van der Waals surface area contributed by atoms with Crippen LogP contribution in [0.15, 0.2) is 41.4 Å². The van der Waals surface area contributed by atoms with E-state index >= 15 is 0 Å². The Kier molecular flexibility index (Phi) is 5.65. The summed E-state index contributed by atoms with van der Waals surface area (Å²) in [6.07, 6.45) is 2.53. The number of ether oxygens (including phenoxy) is 1. The Hall–Kier alpha value is -2.29. The second-order valence-electron chi connectivity index (χ2n) is 8.25. The summed E-state index contributed by atoms with van der Waals surface area (Å²) in [4.78, 5) is 4.69. The van der Waals surface area contributed by atoms with Crippen LogP contribution >= 0.6 is 0 Å². The number of aromatic nitrogens is 3. The Morgan fingerprint density at radius 3 is 2.70 bits per heavy atom. The van der Waals surface area contributed by atoms with Gasteiger partial charge in [0.15, 0.2) is 0 Å². The summed E-state index contributed by atoms with van der Waals surface area (Å²) in [5.74, 6) is 0.0475. The van der Waals surface area contributed by atoms with E-state index in [9.17, 15) is 8.42 Å². The Morgan fingerprint density at radius 1 is 1.20 bits per heavy atom. The van der Waals surface area contributed by atoms with Gasteiger partial charge in [-0.3, -0.25) is 9.67 Å². The number of benzene rings is 1. The fourth-order valence-electron chi connectivity index (χ4n) is 4.34. The van der Waals surface area contributed by atoms with Crippen molar-refractivity contribution in [2.45, 2.75) is 51.1 Å². The molecule has 0 spiro atoms. The molecule has 3 aromatic rings. The number of hydrogen-bond donors (Lipinski definition) is 1. The zero-order valence-electron chi connectivity index (χ0n) is 17.8. The lowest BCUT2D eigenvalue weighted by Gasteiger charge is -2.20. The first-order valence-electron chi connectivity index (χ1n) is 10.3. The Morgan fingerprint density at radius 2 is 1.97 bits per heavy atom. The standard InChI is InChI=1S/C22H28N4O3S/c1-14(2)26-16(4)22(15(3)24-26)30(27,28)25-21-13-29-12-18(21)11-17-9-10-23-20-8-6-5-7-19(17)20/h5-10,14,18,21,25H,11-13H2,1-4H3/t18-,21+/m1/s1. The van der Waals surface area contributed by atoms with Crippen molar-refractivity contribution in [2.24, 2.45) is 5.92 Å². The fraction of sp³-hybridized carbons (Fsp3) is 0.455. The Balaban J connectivity index is 1.59. The number of pyridine rings is 1. The number of nitrogens with zero attached hydrogens (tertiary/aromatic N) is 3. The topological polar surface area (TPSA) is 86.1 Å². The first-order chi connectivity index (χ1) is 14.3. The van der Waals surface area contributed by atoms with Crippen LogP contribution in [0, 0.1) is 19.8 Å². The number of aryl methyl sites for hydroxylation is 1. The summed E-state index contributed by atoms with van der Waals surface area (Å²) in [6, 6.07) is 9.82. The highest BCUT2D eigenvalue weighted by Gasteiger charge is 2.35. The molecule has 7 nitrogen and oxygen atoms in total. The van der Waals surface area contributed by atoms with Gasteiger partial charge >= 0.3 is 0 Å². The maximum atomic E-state index is 13.2. The summed E-state index contributed by atoms with van der Waals surface area (Å²) in [6.45, 7) is 8.41. The van der Waals surface area contributed by atoms with Crippen molar-refractivity contribution < 1.29 is 13.2 Å². The van der Waals surface area contributed by atoms with Crippen LogP contribution in [0.2, 0.25) is 0 Å². The molecule has 3 heterocycles. The summed E-state index contributed by atoms with van der Waals surface area (Å²) < 4.78 is 36.8. The van der Waals surface area contributed by atoms with Crippen LogP contribution in [-0.2, 0) is 21.2 Å². The molecule has 1 fully saturated rings. The van der Waals surface area contributed by atoms with E-state index in [1.807, 2.05) is 38.1 Å². The first-order valence-corrected chi connectivity index (χ1v) is 11.7. The second kappa shape index (κ2) is 8.09. The molecule has 2 atom stereocenters. The number of hydrogen-bond acceptors (Lipinski definition) is 5. The van der Waals surface area contributed by atoms with E-state index in [0.717, 1.165) is 22.9 Å². The van der Waals surface area contributed by atoms with Crippen molar-refractivity contribution in [1.82, 2.24) is 19.5 Å². The highest BCUT2D eigenvalue weighted by molar-refractivity contribution is 7.89. The van der Waals surface area contributed by atoms with Gasteiger partial charge in [0, 0.05) is 23.5 Å². The molecule has 0 unspecified atom stereocenters. The molecule has 4 rings (SSSR count). The molecule has 1 aliphatic heterocycles. The van der Waals surface area contributed by atoms with Crippen LogP contribution < -0.4 is 4.72 Å². The van der Waals surface area contributed by atoms with E-state index in [1.165, 1.54) is 0 Å². The predicted octanol–water partition coefficient (Wildman–Crippen LogP) is 3.17. The van der Waals surface area contributed by atoms with Gasteiger partial charge in [0.2, 0.25) is 10.0 Å². The molecule has 1 N–H and O–H groups in total. The van der Waals surface area contributed by atoms with Crippen LogP contribution in [0.1, 0.15) is 36.8 Å². The molecular weight excluding hydrogens is 400 g/mol. The highest BCUT2D eigenvalue weighted by Crippen LogP contribution is 2.27. The molecule has 160 valence electrons. The Labute approximate surface area is 177 Å². The van der Waals surface area contributed by atoms with Gasteiger partial charge in [-0.05, 0) is 51.8 Å². The summed E-state index contributed by atoms with van der Waals surface area (Å²) >= 11 is 0. The number of rotatable bonds is 6. The largest absolute Gasteiger partial charge is 0.379 e. The lowest BCUT2D eigenvalue weighted by molar-refractivity contribution is 0.183. The van der Waals surface area contributed by atoms with E-state index in [2.05, 4.69) is 20.9 Å². The van der Waals surface area contributed by atoms with E-state index in [4.69, 9.17) is 4.74 Å². The van der Waals surface area contributed by atoms with Crippen LogP contribution in [0.5, 0.6) is 0 Å². The third-order valence-corrected chi connectivity index (χ3v) is 7.48. The van der Waals surface area contributed by atoms with Gasteiger partial charge in [-0.2, -0.15) is 5.10 Å². The number of fused-ring (bicyclic) bond motifs is 1. The van der Waals surface area contributed by atoms with Gasteiger partial charge in [0.25, 0.3) is 0 Å². The van der Waals surface area contributed by atoms with Gasteiger partial charge in [0.1, 0.15) is 4.90 Å². The van der Waals surface area contributed by atoms with E-state index in [1.54, 1.807) is 24.7 Å². The third-order valence-electron chi connectivity index (χ3n) is 5.74. The third kappa shape index (κ3) is 3.87. The minimum absolute atomic E-state index is 0.0475. The maximum absolute atomic E-state index is 13.2. The molecular formula is C22H28N4O3S. The smallest absolute Gasteiger partial charge is 0.244 e. The van der Waals surface area contributed by atoms with E-state index in [0.29, 0.717) is 24.6 Å². The fourth-order valence-corrected chi connectivity index (χ4v) is 6.03. The number of sulfonamides is 1. The summed E-state index contributed by atoms with van der Waals surface area (Å²) in [5, 5.41) is 5.53. The summed E-state index contributed by atoms with van der Waals surface area (Å²) in [7, 11) is -3.71. The lowest BCUT2D eigenvalue weighted by atomic mass is 9.93. The first kappa shape index (κ1) is 21.0. The van der Waals surface area contributed by atoms with Crippen LogP contribution in [0.4, 0.5) is 0 Å². The average Bonchev–Trinajstić information content (AvgIpc) is 3.25. The van der Waals surface area contributed by atoms with Crippen molar-refractivity contribution in [2.75, 3.05) is 13.2 Å². The quantitative estimate of drug-likeness (QED) is 0.652. The van der Waals surface area contributed by atoms with Crippen molar-refractivity contribution in [3.05, 3.63) is 53.5 Å². The van der Waals surface area contributed by atoms with Crippen LogP contribution in [0.3, 0.4) is 0 Å². The van der Waals surface area contributed by atoms with Gasteiger partial charge < -0.3 is 4.74 Å². The number of para-hydroxylation sites is 1. The SMILES string of the molecule is Cc1nn(C(C)C)c(C)c1S(=O)(=O)N[C@H]1COC[C@H]1Cc1ccnc2ccccc12. The van der Waals surface area contributed by atoms with Crippen molar-refractivity contribution in [1.29, 1.82) is 0 Å². The van der Waals surface area contributed by atoms with Crippen molar-refractivity contribution in [3.8, 4) is 0 Å². The number of nitrogens with one attached hydrogen (secondary N) is 1. The molecule has 1 saturated heterocycles. The van der Waals surface area contributed by atoms with Crippen molar-refractivity contribution in [3.63, 3.8) is 0 Å². The molecule has 0 bridgehead atoms. The molecule has 1 aliphatic rings. The van der Waals surface area contributed by atoms with Crippen LogP contribution in [0.25, 0.3) is 10.9 Å². The highest BCUT2D eigenvalue weighted by atomic mass is 32.2. The minimum atomic E-state index is -3.71. The zero-order chi connectivity index (χ0) is 21.5. The van der Waals surface area contributed by atoms with Gasteiger partial charge in [-0.15, -0.1) is 0 Å². The van der Waals surface area contributed by atoms with E-state index < -0.39 is 10.0 Å². The van der Waals surface area contributed by atoms with Crippen molar-refractivity contribution >= 4 is 20.9 Å². The minimum Gasteiger partial charge on any atom is -0.379 e. The van der Waals surface area contributed by atoms with Crippen LogP contribution in [-0.4, -0.2) is 42.4 Å². The zero-order valence-corrected chi connectivity index (χ0v) is 18.6. The predicted molar refractivity (Wildman–Crippen MR) is 116 cm³/mol. The van der Waals surface area contributed by atoms with Gasteiger partial charge in [0.05, 0.1) is 36.2 Å². The lowest BCUT2D eigenvalue weighted by Crippen LogP contribution is -2.41. The average molecular weight is 429 g/mol. The molecule has 8 heteroatoms. The maximum Gasteiger partial charge on any atom is 0.244 e. The van der Waals surface area contributed by atoms with Gasteiger partial charge in [-0.1, -0.05) is 18.2 Å². The molecule has 30 heavy (non-hydrogen) atoms. The summed E-state index contributed by atoms with van der Waals surface area (Å²) in [5.41, 5.74) is 3.27. The molecule has 1 aromatic carbocycles. The Bertz CT molecular complexity index is 1170. The van der Waals surface area contributed by atoms with Gasteiger partial charge in [-0.25, -0.2) is 13.1 Å². The normalized spacial score (nSPS) is 19.8. The molecule has 0 amide bonds. The van der Waals surface area contributed by atoms with E-state index in [-0.39, 0.29) is 22.9 Å². The molecule has 0 radical (unpaired) electrons. The monoisotopic (exact) mass is 428 g/mol. The molecule has 2 aromatic heterocycles. The molecule has 0 aliphatic carbocycles. The second-order valence-corrected chi connectivity index (χ2v) is 9.91.